The van der Waals surface area contributed by atoms with Gasteiger partial charge in [0.1, 0.15) is 0 Å². The molecule has 1 aliphatic heterocycles. The summed E-state index contributed by atoms with van der Waals surface area (Å²) in [6.07, 6.45) is 0. The van der Waals surface area contributed by atoms with Gasteiger partial charge in [-0.1, -0.05) is 24.0 Å². The Labute approximate surface area is 120 Å². The van der Waals surface area contributed by atoms with Crippen LogP contribution in [0.25, 0.3) is 0 Å². The first-order valence-corrected chi connectivity index (χ1v) is 7.96. The van der Waals surface area contributed by atoms with Crippen LogP contribution in [0.5, 0.6) is 0 Å². The van der Waals surface area contributed by atoms with E-state index in [0.717, 1.165) is 13.1 Å². The van der Waals surface area contributed by atoms with Gasteiger partial charge in [-0.05, 0) is 19.2 Å². The van der Waals surface area contributed by atoms with Crippen LogP contribution in [-0.4, -0.2) is 57.4 Å². The van der Waals surface area contributed by atoms with E-state index < -0.39 is 10.0 Å². The molecule has 108 valence electrons. The average Bonchev–Trinajstić information content (AvgIpc) is 2.46. The molecule has 0 radical (unpaired) electrons. The molecule has 0 amide bonds. The lowest BCUT2D eigenvalue weighted by atomic mass is 10.2. The highest BCUT2D eigenvalue weighted by atomic mass is 32.2. The lowest BCUT2D eigenvalue weighted by molar-refractivity contribution is 0.222. The summed E-state index contributed by atoms with van der Waals surface area (Å²) in [7, 11) is -1.49. The Morgan fingerprint density at radius 2 is 1.85 bits per heavy atom. The predicted molar refractivity (Wildman–Crippen MR) is 78.6 cm³/mol. The third-order valence-electron chi connectivity index (χ3n) is 3.29. The highest BCUT2D eigenvalue weighted by molar-refractivity contribution is 7.89. The average molecular weight is 293 g/mol. The van der Waals surface area contributed by atoms with Gasteiger partial charge in [-0.25, -0.2) is 8.42 Å². The molecule has 20 heavy (non-hydrogen) atoms. The molecule has 5 nitrogen and oxygen atoms in total. The Balaban J connectivity index is 2.34. The number of hydrogen-bond acceptors (Lipinski definition) is 4. The molecule has 0 bridgehead atoms. The monoisotopic (exact) mass is 293 g/mol. The van der Waals surface area contributed by atoms with Crippen molar-refractivity contribution in [3.63, 3.8) is 0 Å². The fourth-order valence-electron chi connectivity index (χ4n) is 2.11. The molecule has 0 saturated carbocycles. The summed E-state index contributed by atoms with van der Waals surface area (Å²) in [6, 6.07) is 6.82. The van der Waals surface area contributed by atoms with E-state index in [0.29, 0.717) is 18.7 Å². The Bertz CT molecular complexity index is 623. The van der Waals surface area contributed by atoms with E-state index in [1.54, 1.807) is 24.3 Å². The van der Waals surface area contributed by atoms with Crippen LogP contribution in [0.4, 0.5) is 0 Å². The van der Waals surface area contributed by atoms with E-state index in [9.17, 15) is 8.42 Å². The van der Waals surface area contributed by atoms with Crippen LogP contribution >= 0.6 is 0 Å². The van der Waals surface area contributed by atoms with Gasteiger partial charge in [0.15, 0.2) is 0 Å². The Kier molecular flexibility index (Phi) is 4.78. The van der Waals surface area contributed by atoms with Crippen molar-refractivity contribution in [2.75, 3.05) is 39.8 Å². The first kappa shape index (κ1) is 15.0. The second-order valence-electron chi connectivity index (χ2n) is 4.71. The molecule has 0 atom stereocenters. The molecular weight excluding hydrogens is 274 g/mol. The Morgan fingerprint density at radius 1 is 1.20 bits per heavy atom. The molecule has 0 unspecified atom stereocenters. The lowest BCUT2D eigenvalue weighted by Crippen LogP contribution is -2.47. The first-order chi connectivity index (χ1) is 9.55. The summed E-state index contributed by atoms with van der Waals surface area (Å²) >= 11 is 0. The molecule has 1 saturated heterocycles. The number of hydrogen-bond donors (Lipinski definition) is 1. The smallest absolute Gasteiger partial charge is 0.244 e. The van der Waals surface area contributed by atoms with E-state index in [1.807, 2.05) is 7.05 Å². The number of piperazine rings is 1. The number of benzene rings is 1. The molecule has 1 heterocycles. The molecule has 2 rings (SSSR count). The van der Waals surface area contributed by atoms with Crippen LogP contribution in [-0.2, 0) is 10.0 Å². The zero-order chi connectivity index (χ0) is 14.6. The quantitative estimate of drug-likeness (QED) is 0.775. The van der Waals surface area contributed by atoms with Crippen LogP contribution in [0.3, 0.4) is 0 Å². The van der Waals surface area contributed by atoms with Gasteiger partial charge in [-0.3, -0.25) is 0 Å². The maximum Gasteiger partial charge on any atom is 0.244 e. The Morgan fingerprint density at radius 3 is 2.50 bits per heavy atom. The van der Waals surface area contributed by atoms with Crippen molar-refractivity contribution in [1.29, 1.82) is 0 Å². The Hall–Kier alpha value is -1.39. The number of likely N-dealkylation sites (N-methyl/N-ethyl adjacent to an activating group) is 1. The van der Waals surface area contributed by atoms with Crippen molar-refractivity contribution >= 4 is 10.0 Å². The second kappa shape index (κ2) is 6.37. The third kappa shape index (κ3) is 3.19. The standard InChI is InChI=1S/C14H19N3O2S/c1-16-9-11-17(12-10-16)20(18,19)14-7-3-2-5-13(14)6-4-8-15/h2-3,5,7H,8-12,15H2,1H3. The van der Waals surface area contributed by atoms with Crippen molar-refractivity contribution in [3.05, 3.63) is 29.8 Å². The second-order valence-corrected chi connectivity index (χ2v) is 6.62. The molecule has 6 heteroatoms. The van der Waals surface area contributed by atoms with Gasteiger partial charge in [0.05, 0.1) is 11.4 Å². The third-order valence-corrected chi connectivity index (χ3v) is 5.25. The van der Waals surface area contributed by atoms with Gasteiger partial charge in [0.25, 0.3) is 0 Å². The van der Waals surface area contributed by atoms with Crippen LogP contribution in [0.2, 0.25) is 0 Å². The van der Waals surface area contributed by atoms with Crippen molar-refractivity contribution < 1.29 is 8.42 Å². The van der Waals surface area contributed by atoms with Crippen molar-refractivity contribution in [3.8, 4) is 11.8 Å². The van der Waals surface area contributed by atoms with Crippen LogP contribution in [0.1, 0.15) is 5.56 Å². The number of nitrogens with two attached hydrogens (primary N) is 1. The number of rotatable bonds is 2. The van der Waals surface area contributed by atoms with E-state index in [2.05, 4.69) is 16.7 Å². The van der Waals surface area contributed by atoms with Crippen molar-refractivity contribution in [1.82, 2.24) is 9.21 Å². The molecule has 1 fully saturated rings. The minimum atomic E-state index is -3.48. The van der Waals surface area contributed by atoms with Crippen LogP contribution in [0.15, 0.2) is 29.2 Å². The minimum Gasteiger partial charge on any atom is -0.320 e. The van der Waals surface area contributed by atoms with Crippen LogP contribution in [0, 0.1) is 11.8 Å². The topological polar surface area (TPSA) is 66.6 Å². The van der Waals surface area contributed by atoms with E-state index in [-0.39, 0.29) is 11.4 Å². The van der Waals surface area contributed by atoms with Crippen LogP contribution < -0.4 is 5.73 Å². The summed E-state index contributed by atoms with van der Waals surface area (Å²) in [5.74, 6) is 5.55. The maximum absolute atomic E-state index is 12.7. The molecule has 1 aromatic rings. The molecule has 0 spiro atoms. The number of sulfonamides is 1. The molecular formula is C14H19N3O2S. The van der Waals surface area contributed by atoms with Crippen molar-refractivity contribution in [2.24, 2.45) is 5.73 Å². The van der Waals surface area contributed by atoms with E-state index >= 15 is 0 Å². The molecule has 1 aliphatic rings. The molecule has 0 aliphatic carbocycles. The van der Waals surface area contributed by atoms with Gasteiger partial charge in [0, 0.05) is 31.7 Å². The van der Waals surface area contributed by atoms with E-state index in [4.69, 9.17) is 5.73 Å². The maximum atomic E-state index is 12.7. The molecule has 1 aromatic carbocycles. The largest absolute Gasteiger partial charge is 0.320 e. The van der Waals surface area contributed by atoms with Gasteiger partial charge >= 0.3 is 0 Å². The SMILES string of the molecule is CN1CCN(S(=O)(=O)c2ccccc2C#CCN)CC1. The summed E-state index contributed by atoms with van der Waals surface area (Å²) in [4.78, 5) is 2.39. The fourth-order valence-corrected chi connectivity index (χ4v) is 3.68. The molecule has 0 aromatic heterocycles. The van der Waals surface area contributed by atoms with Gasteiger partial charge in [0.2, 0.25) is 10.0 Å². The first-order valence-electron chi connectivity index (χ1n) is 6.52. The summed E-state index contributed by atoms with van der Waals surface area (Å²) in [5.41, 5.74) is 5.87. The van der Waals surface area contributed by atoms with E-state index in [1.165, 1.54) is 4.31 Å². The highest BCUT2D eigenvalue weighted by Crippen LogP contribution is 2.20. The normalized spacial score (nSPS) is 17.5. The summed E-state index contributed by atoms with van der Waals surface area (Å²) in [5, 5.41) is 0. The predicted octanol–water partition coefficient (Wildman–Crippen LogP) is -0.0671. The zero-order valence-corrected chi connectivity index (χ0v) is 12.4. The fraction of sp³-hybridized carbons (Fsp3) is 0.429. The van der Waals surface area contributed by atoms with Gasteiger partial charge < -0.3 is 10.6 Å². The zero-order valence-electron chi connectivity index (χ0n) is 11.5. The van der Waals surface area contributed by atoms with Gasteiger partial charge in [-0.2, -0.15) is 4.31 Å². The molecule has 2 N–H and O–H groups in total. The van der Waals surface area contributed by atoms with Gasteiger partial charge in [-0.15, -0.1) is 0 Å². The summed E-state index contributed by atoms with van der Waals surface area (Å²) in [6.45, 7) is 2.73. The minimum absolute atomic E-state index is 0.211. The highest BCUT2D eigenvalue weighted by Gasteiger charge is 2.28. The van der Waals surface area contributed by atoms with Crippen molar-refractivity contribution in [2.45, 2.75) is 4.90 Å². The summed E-state index contributed by atoms with van der Waals surface area (Å²) < 4.78 is 26.9. The lowest BCUT2D eigenvalue weighted by Gasteiger charge is -2.31. The number of nitrogens with zero attached hydrogens (tertiary/aromatic N) is 2.